The Hall–Kier alpha value is -1.04. The highest BCUT2D eigenvalue weighted by molar-refractivity contribution is 5.19. The third-order valence-corrected chi connectivity index (χ3v) is 2.05. The van der Waals surface area contributed by atoms with E-state index in [1.54, 1.807) is 0 Å². The molecule has 0 amide bonds. The smallest absolute Gasteiger partial charge is 0.0398 e. The second-order valence-electron chi connectivity index (χ2n) is 3.82. The molecule has 0 heteroatoms. The van der Waals surface area contributed by atoms with E-state index in [-0.39, 0.29) is 7.43 Å². The summed E-state index contributed by atoms with van der Waals surface area (Å²) in [6.45, 7) is 12.6. The summed E-state index contributed by atoms with van der Waals surface area (Å²) in [5.74, 6) is 0. The van der Waals surface area contributed by atoms with E-state index in [1.807, 2.05) is 26.0 Å². The van der Waals surface area contributed by atoms with Crippen LogP contribution in [-0.2, 0) is 0 Å². The molecule has 0 bridgehead atoms. The van der Waals surface area contributed by atoms with Gasteiger partial charge in [-0.05, 0) is 27.7 Å². The predicted molar refractivity (Wildman–Crippen MR) is 83.7 cm³/mol. The van der Waals surface area contributed by atoms with Gasteiger partial charge in [0.2, 0.25) is 0 Å². The fraction of sp³-hybridized carbons (Fsp3) is 0.529. The molecule has 1 aromatic rings. The summed E-state index contributed by atoms with van der Waals surface area (Å²) in [7, 11) is 0. The van der Waals surface area contributed by atoms with Crippen LogP contribution in [0.1, 0.15) is 59.1 Å². The van der Waals surface area contributed by atoms with Crippen molar-refractivity contribution in [3.8, 4) is 0 Å². The molecule has 0 saturated carbocycles. The van der Waals surface area contributed by atoms with E-state index in [4.69, 9.17) is 0 Å². The Morgan fingerprint density at radius 3 is 1.12 bits per heavy atom. The SMILES string of the molecule is C.CC=CC.CCCC.Cc1ccc(C)cc1. The van der Waals surface area contributed by atoms with Crippen molar-refractivity contribution in [2.45, 2.75) is 61.8 Å². The van der Waals surface area contributed by atoms with E-state index in [0.29, 0.717) is 0 Å². The van der Waals surface area contributed by atoms with Crippen LogP contribution in [0.5, 0.6) is 0 Å². The first kappa shape index (κ1) is 21.3. The van der Waals surface area contributed by atoms with Gasteiger partial charge in [-0.25, -0.2) is 0 Å². The number of aryl methyl sites for hydroxylation is 2. The largest absolute Gasteiger partial charge is 0.0919 e. The quantitative estimate of drug-likeness (QED) is 0.500. The normalized spacial score (nSPS) is 8.35. The first-order valence-corrected chi connectivity index (χ1v) is 6.22. The van der Waals surface area contributed by atoms with Crippen molar-refractivity contribution in [3.63, 3.8) is 0 Å². The number of hydrogen-bond donors (Lipinski definition) is 0. The number of allylic oxidation sites excluding steroid dienone is 2. The summed E-state index contributed by atoms with van der Waals surface area (Å²) < 4.78 is 0. The van der Waals surface area contributed by atoms with Crippen molar-refractivity contribution in [2.75, 3.05) is 0 Å². The Morgan fingerprint density at radius 2 is 1.00 bits per heavy atom. The molecule has 0 heterocycles. The summed E-state index contributed by atoms with van der Waals surface area (Å²) in [6, 6.07) is 8.48. The van der Waals surface area contributed by atoms with Gasteiger partial charge in [0.05, 0.1) is 0 Å². The molecule has 0 nitrogen and oxygen atoms in total. The van der Waals surface area contributed by atoms with Gasteiger partial charge in [0.1, 0.15) is 0 Å². The molecule has 0 saturated heterocycles. The van der Waals surface area contributed by atoms with Gasteiger partial charge in [-0.1, -0.05) is 81.7 Å². The standard InChI is InChI=1S/C8H10.C4H10.C4H8.CH4/c1-7-3-5-8(2)6-4-7;2*1-3-4-2;/h3-6H,1-2H3;3-4H2,1-2H3;3-4H,1-2H3;1H4. The van der Waals surface area contributed by atoms with Crippen molar-refractivity contribution >= 4 is 0 Å². The zero-order chi connectivity index (χ0) is 12.8. The Balaban J connectivity index is -0.000000189. The van der Waals surface area contributed by atoms with Crippen molar-refractivity contribution in [1.29, 1.82) is 0 Å². The monoisotopic (exact) mass is 236 g/mol. The van der Waals surface area contributed by atoms with Gasteiger partial charge in [-0.3, -0.25) is 0 Å². The first-order valence-electron chi connectivity index (χ1n) is 6.22. The maximum Gasteiger partial charge on any atom is -0.0398 e. The van der Waals surface area contributed by atoms with Crippen LogP contribution in [0.3, 0.4) is 0 Å². The molecule has 0 radical (unpaired) electrons. The van der Waals surface area contributed by atoms with E-state index in [0.717, 1.165) is 0 Å². The molecule has 0 atom stereocenters. The molecule has 0 aliphatic heterocycles. The lowest BCUT2D eigenvalue weighted by molar-refractivity contribution is 0.886. The van der Waals surface area contributed by atoms with Gasteiger partial charge in [0, 0.05) is 0 Å². The second-order valence-corrected chi connectivity index (χ2v) is 3.82. The maximum absolute atomic E-state index is 2.18. The minimum absolute atomic E-state index is 0. The lowest BCUT2D eigenvalue weighted by atomic mass is 10.2. The van der Waals surface area contributed by atoms with E-state index in [9.17, 15) is 0 Å². The fourth-order valence-electron chi connectivity index (χ4n) is 0.637. The minimum Gasteiger partial charge on any atom is -0.0919 e. The number of benzene rings is 1. The van der Waals surface area contributed by atoms with Gasteiger partial charge in [-0.15, -0.1) is 0 Å². The number of rotatable bonds is 1. The van der Waals surface area contributed by atoms with Crippen LogP contribution in [0, 0.1) is 13.8 Å². The van der Waals surface area contributed by atoms with Crippen molar-refractivity contribution in [2.24, 2.45) is 0 Å². The maximum atomic E-state index is 2.18. The molecule has 0 spiro atoms. The summed E-state index contributed by atoms with van der Waals surface area (Å²) in [6.07, 6.45) is 6.64. The van der Waals surface area contributed by atoms with Crippen LogP contribution in [0.4, 0.5) is 0 Å². The summed E-state index contributed by atoms with van der Waals surface area (Å²) in [4.78, 5) is 0. The Morgan fingerprint density at radius 1 is 0.765 bits per heavy atom. The Labute approximate surface area is 110 Å². The molecule has 0 N–H and O–H groups in total. The lowest BCUT2D eigenvalue weighted by Gasteiger charge is -1.90. The zero-order valence-electron chi connectivity index (χ0n) is 11.9. The molecule has 17 heavy (non-hydrogen) atoms. The molecule has 1 aromatic carbocycles. The topological polar surface area (TPSA) is 0 Å². The van der Waals surface area contributed by atoms with Gasteiger partial charge in [0.15, 0.2) is 0 Å². The minimum atomic E-state index is 0. The van der Waals surface area contributed by atoms with Crippen LogP contribution in [0.15, 0.2) is 36.4 Å². The van der Waals surface area contributed by atoms with Crippen molar-refractivity contribution < 1.29 is 0 Å². The molecule has 0 aromatic heterocycles. The molecular formula is C17H32. The first-order chi connectivity index (χ1) is 7.62. The molecule has 0 unspecified atom stereocenters. The highest BCUT2D eigenvalue weighted by atomic mass is 13.9. The average molecular weight is 236 g/mol. The van der Waals surface area contributed by atoms with E-state index in [2.05, 4.69) is 52.0 Å². The van der Waals surface area contributed by atoms with Gasteiger partial charge >= 0.3 is 0 Å². The molecular weight excluding hydrogens is 204 g/mol. The van der Waals surface area contributed by atoms with Crippen LogP contribution in [-0.4, -0.2) is 0 Å². The van der Waals surface area contributed by atoms with Crippen LogP contribution in [0.25, 0.3) is 0 Å². The fourth-order valence-corrected chi connectivity index (χ4v) is 0.637. The van der Waals surface area contributed by atoms with Gasteiger partial charge in [0.25, 0.3) is 0 Å². The predicted octanol–water partition coefficient (Wildman–Crippen LogP) is 6.33. The van der Waals surface area contributed by atoms with Gasteiger partial charge < -0.3 is 0 Å². The second kappa shape index (κ2) is 17.4. The van der Waals surface area contributed by atoms with E-state index < -0.39 is 0 Å². The van der Waals surface area contributed by atoms with Gasteiger partial charge in [-0.2, -0.15) is 0 Å². The van der Waals surface area contributed by atoms with Crippen LogP contribution >= 0.6 is 0 Å². The zero-order valence-corrected chi connectivity index (χ0v) is 11.9. The molecule has 1 rings (SSSR count). The average Bonchev–Trinajstić information content (AvgIpc) is 2.33. The third-order valence-electron chi connectivity index (χ3n) is 2.05. The van der Waals surface area contributed by atoms with Crippen LogP contribution < -0.4 is 0 Å². The highest BCUT2D eigenvalue weighted by Gasteiger charge is 1.79. The summed E-state index contributed by atoms with van der Waals surface area (Å²) in [5.41, 5.74) is 2.66. The van der Waals surface area contributed by atoms with Crippen molar-refractivity contribution in [1.82, 2.24) is 0 Å². The third kappa shape index (κ3) is 20.9. The Bertz CT molecular complexity index is 214. The van der Waals surface area contributed by atoms with Crippen LogP contribution in [0.2, 0.25) is 0 Å². The number of unbranched alkanes of at least 4 members (excludes halogenated alkanes) is 1. The van der Waals surface area contributed by atoms with E-state index >= 15 is 0 Å². The van der Waals surface area contributed by atoms with E-state index in [1.165, 1.54) is 24.0 Å². The summed E-state index contributed by atoms with van der Waals surface area (Å²) >= 11 is 0. The highest BCUT2D eigenvalue weighted by Crippen LogP contribution is 1.99. The Kier molecular flexibility index (Phi) is 21.7. The van der Waals surface area contributed by atoms with Crippen molar-refractivity contribution in [3.05, 3.63) is 47.5 Å². The lowest BCUT2D eigenvalue weighted by Crippen LogP contribution is -1.70. The molecule has 0 aliphatic carbocycles. The number of hydrogen-bond acceptors (Lipinski definition) is 0. The molecule has 0 fully saturated rings. The summed E-state index contributed by atoms with van der Waals surface area (Å²) in [5, 5.41) is 0. The molecule has 0 aliphatic rings. The molecule has 100 valence electrons.